The van der Waals surface area contributed by atoms with E-state index in [1.54, 1.807) is 19.2 Å². The number of phenolic OH excluding ortho intramolecular Hbond substituents is 1. The molecule has 0 saturated carbocycles. The highest BCUT2D eigenvalue weighted by molar-refractivity contribution is 5.41. The van der Waals surface area contributed by atoms with Gasteiger partial charge in [-0.2, -0.15) is 0 Å². The minimum absolute atomic E-state index is 0.203. The molecule has 0 aliphatic carbocycles. The van der Waals surface area contributed by atoms with Crippen molar-refractivity contribution in [3.63, 3.8) is 0 Å². The van der Waals surface area contributed by atoms with Crippen molar-refractivity contribution < 1.29 is 9.84 Å². The van der Waals surface area contributed by atoms with E-state index in [2.05, 4.69) is 22.2 Å². The third-order valence-electron chi connectivity index (χ3n) is 4.00. The first kappa shape index (κ1) is 16.1. The summed E-state index contributed by atoms with van der Waals surface area (Å²) >= 11 is 0. The van der Waals surface area contributed by atoms with Crippen LogP contribution in [0.5, 0.6) is 11.5 Å². The van der Waals surface area contributed by atoms with Crippen LogP contribution in [0.2, 0.25) is 0 Å². The summed E-state index contributed by atoms with van der Waals surface area (Å²) in [5, 5.41) is 13.1. The number of rotatable bonds is 7. The summed E-state index contributed by atoms with van der Waals surface area (Å²) in [5.74, 6) is 0.725. The molecule has 1 saturated heterocycles. The minimum atomic E-state index is 0.203. The lowest BCUT2D eigenvalue weighted by Gasteiger charge is -2.32. The fraction of sp³-hybridized carbons (Fsp3) is 0.625. The average molecular weight is 293 g/mol. The number of nitrogens with zero attached hydrogens (tertiary/aromatic N) is 2. The Hall–Kier alpha value is -1.30. The van der Waals surface area contributed by atoms with Gasteiger partial charge in [0.2, 0.25) is 0 Å². The first-order chi connectivity index (χ1) is 10.2. The molecule has 1 fully saturated rings. The predicted molar refractivity (Wildman–Crippen MR) is 84.9 cm³/mol. The number of piperazine rings is 1. The van der Waals surface area contributed by atoms with Gasteiger partial charge in [-0.1, -0.05) is 6.07 Å². The van der Waals surface area contributed by atoms with Gasteiger partial charge in [0, 0.05) is 32.7 Å². The van der Waals surface area contributed by atoms with Gasteiger partial charge in [-0.3, -0.25) is 0 Å². The average Bonchev–Trinajstić information content (AvgIpc) is 2.49. The van der Waals surface area contributed by atoms with Gasteiger partial charge in [-0.15, -0.1) is 0 Å². The zero-order valence-electron chi connectivity index (χ0n) is 13.1. The highest BCUT2D eigenvalue weighted by Gasteiger charge is 2.12. The number of nitrogens with one attached hydrogen (secondary N) is 1. The van der Waals surface area contributed by atoms with Crippen molar-refractivity contribution in [1.82, 2.24) is 15.1 Å². The molecule has 5 heteroatoms. The number of phenols is 1. The summed E-state index contributed by atoms with van der Waals surface area (Å²) in [6.45, 7) is 7.66. The van der Waals surface area contributed by atoms with Crippen LogP contribution in [0.3, 0.4) is 0 Å². The van der Waals surface area contributed by atoms with Crippen LogP contribution in [0.1, 0.15) is 12.0 Å². The molecule has 0 bridgehead atoms. The molecule has 0 atom stereocenters. The molecule has 0 aromatic heterocycles. The van der Waals surface area contributed by atoms with Gasteiger partial charge in [0.1, 0.15) is 0 Å². The Morgan fingerprint density at radius 2 is 2.00 bits per heavy atom. The van der Waals surface area contributed by atoms with Gasteiger partial charge in [0.05, 0.1) is 7.11 Å². The topological polar surface area (TPSA) is 48.0 Å². The summed E-state index contributed by atoms with van der Waals surface area (Å²) < 4.78 is 5.04. The molecule has 2 N–H and O–H groups in total. The maximum absolute atomic E-state index is 9.72. The van der Waals surface area contributed by atoms with Crippen molar-refractivity contribution >= 4 is 0 Å². The smallest absolute Gasteiger partial charge is 0.160 e. The largest absolute Gasteiger partial charge is 0.504 e. The predicted octanol–water partition coefficient (Wildman–Crippen LogP) is 1.13. The summed E-state index contributed by atoms with van der Waals surface area (Å²) in [4.78, 5) is 4.91. The summed E-state index contributed by atoms with van der Waals surface area (Å²) in [6.07, 6.45) is 1.16. The molecule has 0 unspecified atom stereocenters. The van der Waals surface area contributed by atoms with Gasteiger partial charge in [-0.25, -0.2) is 0 Å². The Labute approximate surface area is 127 Å². The lowest BCUT2D eigenvalue weighted by molar-refractivity contribution is 0.153. The van der Waals surface area contributed by atoms with Crippen LogP contribution >= 0.6 is 0 Å². The van der Waals surface area contributed by atoms with E-state index in [1.807, 2.05) is 6.07 Å². The zero-order valence-corrected chi connectivity index (χ0v) is 13.1. The van der Waals surface area contributed by atoms with Crippen molar-refractivity contribution in [3.8, 4) is 11.5 Å². The van der Waals surface area contributed by atoms with E-state index in [4.69, 9.17) is 4.74 Å². The van der Waals surface area contributed by atoms with Gasteiger partial charge in [0.15, 0.2) is 11.5 Å². The van der Waals surface area contributed by atoms with Gasteiger partial charge < -0.3 is 25.0 Å². The van der Waals surface area contributed by atoms with Crippen molar-refractivity contribution in [2.24, 2.45) is 0 Å². The molecule has 0 spiro atoms. The number of methoxy groups -OCH3 is 1. The molecule has 5 nitrogen and oxygen atoms in total. The van der Waals surface area contributed by atoms with E-state index in [0.717, 1.165) is 31.6 Å². The number of hydrogen-bond acceptors (Lipinski definition) is 5. The second-order valence-corrected chi connectivity index (χ2v) is 5.68. The molecule has 1 heterocycles. The molecule has 1 aromatic rings. The monoisotopic (exact) mass is 293 g/mol. The third kappa shape index (κ3) is 5.19. The SMILES string of the molecule is COc1ccc(CNCCCN2CCN(C)CC2)cc1O. The van der Waals surface area contributed by atoms with Crippen LogP contribution in [-0.4, -0.2) is 68.3 Å². The van der Waals surface area contributed by atoms with Crippen LogP contribution in [0.15, 0.2) is 18.2 Å². The van der Waals surface area contributed by atoms with Crippen LogP contribution in [-0.2, 0) is 6.54 Å². The van der Waals surface area contributed by atoms with Crippen molar-refractivity contribution in [2.45, 2.75) is 13.0 Å². The summed E-state index contributed by atoms with van der Waals surface area (Å²) in [7, 11) is 3.74. The van der Waals surface area contributed by atoms with E-state index in [9.17, 15) is 5.11 Å². The molecule has 21 heavy (non-hydrogen) atoms. The number of aromatic hydroxyl groups is 1. The van der Waals surface area contributed by atoms with Crippen LogP contribution in [0.25, 0.3) is 0 Å². The number of benzene rings is 1. The Bertz CT molecular complexity index is 432. The summed E-state index contributed by atoms with van der Waals surface area (Å²) in [6, 6.07) is 5.54. The number of likely N-dealkylation sites (N-methyl/N-ethyl adjacent to an activating group) is 1. The first-order valence-electron chi connectivity index (χ1n) is 7.66. The molecule has 1 aliphatic rings. The van der Waals surface area contributed by atoms with Gasteiger partial charge in [-0.05, 0) is 44.3 Å². The summed E-state index contributed by atoms with van der Waals surface area (Å²) in [5.41, 5.74) is 1.08. The van der Waals surface area contributed by atoms with E-state index in [0.29, 0.717) is 5.75 Å². The second-order valence-electron chi connectivity index (χ2n) is 5.68. The van der Waals surface area contributed by atoms with Crippen molar-refractivity contribution in [3.05, 3.63) is 23.8 Å². The first-order valence-corrected chi connectivity index (χ1v) is 7.66. The molecule has 118 valence electrons. The van der Waals surface area contributed by atoms with Gasteiger partial charge in [0.25, 0.3) is 0 Å². The highest BCUT2D eigenvalue weighted by atomic mass is 16.5. The molecule has 0 amide bonds. The fourth-order valence-corrected chi connectivity index (χ4v) is 2.58. The van der Waals surface area contributed by atoms with E-state index in [1.165, 1.54) is 26.2 Å². The second kappa shape index (κ2) is 8.22. The fourth-order valence-electron chi connectivity index (χ4n) is 2.58. The molecular formula is C16H27N3O2. The Kier molecular flexibility index (Phi) is 6.29. The Morgan fingerprint density at radius 3 is 2.67 bits per heavy atom. The zero-order chi connectivity index (χ0) is 15.1. The van der Waals surface area contributed by atoms with E-state index < -0.39 is 0 Å². The Morgan fingerprint density at radius 1 is 1.24 bits per heavy atom. The maximum atomic E-state index is 9.72. The van der Waals surface area contributed by atoms with Crippen LogP contribution < -0.4 is 10.1 Å². The van der Waals surface area contributed by atoms with E-state index in [-0.39, 0.29) is 5.75 Å². The molecule has 2 rings (SSSR count). The maximum Gasteiger partial charge on any atom is 0.160 e. The number of ether oxygens (including phenoxy) is 1. The van der Waals surface area contributed by atoms with Crippen LogP contribution in [0.4, 0.5) is 0 Å². The molecule has 1 aromatic carbocycles. The molecule has 1 aliphatic heterocycles. The van der Waals surface area contributed by atoms with Crippen molar-refractivity contribution in [2.75, 3.05) is 53.4 Å². The van der Waals surface area contributed by atoms with Crippen molar-refractivity contribution in [1.29, 1.82) is 0 Å². The number of hydrogen-bond donors (Lipinski definition) is 2. The third-order valence-corrected chi connectivity index (χ3v) is 4.00. The van der Waals surface area contributed by atoms with Gasteiger partial charge >= 0.3 is 0 Å². The quantitative estimate of drug-likeness (QED) is 0.738. The molecule has 0 radical (unpaired) electrons. The molecular weight excluding hydrogens is 266 g/mol. The minimum Gasteiger partial charge on any atom is -0.504 e. The van der Waals surface area contributed by atoms with E-state index >= 15 is 0 Å². The van der Waals surface area contributed by atoms with Crippen LogP contribution in [0, 0.1) is 0 Å². The Balaban J connectivity index is 1.60. The lowest BCUT2D eigenvalue weighted by atomic mass is 10.2. The normalized spacial score (nSPS) is 17.0. The standard InChI is InChI=1S/C16H27N3O2/c1-18-8-10-19(11-9-18)7-3-6-17-13-14-4-5-16(21-2)15(20)12-14/h4-5,12,17,20H,3,6-11,13H2,1-2H3. The highest BCUT2D eigenvalue weighted by Crippen LogP contribution is 2.25. The lowest BCUT2D eigenvalue weighted by Crippen LogP contribution is -2.45.